The number of carbonyl (C=O) groups is 4. The molecule has 0 aromatic carbocycles. The Morgan fingerprint density at radius 3 is 1.65 bits per heavy atom. The maximum Gasteiger partial charge on any atom is 0.317 e. The second-order valence-electron chi connectivity index (χ2n) is 4.45. The maximum absolute atomic E-state index is 11.6. The minimum atomic E-state index is -0.694. The van der Waals surface area contributed by atoms with Crippen LogP contribution in [0, 0.1) is 23.7 Å². The first-order chi connectivity index (χ1) is 8.19. The number of ether oxygens (including phenoxy) is 2. The molecule has 4 unspecified atom stereocenters. The summed E-state index contributed by atoms with van der Waals surface area (Å²) in [5, 5.41) is 0. The average molecular weight is 240 g/mol. The van der Waals surface area contributed by atoms with Gasteiger partial charge in [-0.05, 0) is 31.1 Å². The predicted octanol–water partition coefficient (Wildman–Crippen LogP) is 0.0479. The highest BCUT2D eigenvalue weighted by Crippen LogP contribution is 2.53. The van der Waals surface area contributed by atoms with Crippen molar-refractivity contribution in [2.45, 2.75) is 19.3 Å². The molecule has 0 aromatic rings. The molecule has 92 valence electrons. The maximum atomic E-state index is 11.6. The van der Waals surface area contributed by atoms with Crippen LogP contribution in [0.1, 0.15) is 19.3 Å². The zero-order valence-electron chi connectivity index (χ0n) is 9.03. The average Bonchev–Trinajstić information content (AvgIpc) is 2.89. The van der Waals surface area contributed by atoms with Crippen molar-refractivity contribution >= 4 is 24.9 Å². The van der Waals surface area contributed by atoms with Gasteiger partial charge in [0.1, 0.15) is 0 Å². The van der Waals surface area contributed by atoms with E-state index in [0.717, 1.165) is 19.3 Å². The first-order valence-electron chi connectivity index (χ1n) is 5.47. The van der Waals surface area contributed by atoms with E-state index < -0.39 is 23.8 Å². The van der Waals surface area contributed by atoms with Gasteiger partial charge in [-0.25, -0.2) is 0 Å². The van der Waals surface area contributed by atoms with Crippen molar-refractivity contribution in [1.82, 2.24) is 0 Å². The van der Waals surface area contributed by atoms with Crippen molar-refractivity contribution in [3.05, 3.63) is 0 Å². The lowest BCUT2D eigenvalue weighted by atomic mass is 9.79. The lowest BCUT2D eigenvalue weighted by Crippen LogP contribution is -2.36. The molecule has 2 bridgehead atoms. The van der Waals surface area contributed by atoms with Gasteiger partial charge in [-0.3, -0.25) is 19.2 Å². The van der Waals surface area contributed by atoms with Crippen LogP contribution in [0.2, 0.25) is 0 Å². The van der Waals surface area contributed by atoms with Gasteiger partial charge < -0.3 is 9.47 Å². The zero-order chi connectivity index (χ0) is 12.4. The van der Waals surface area contributed by atoms with E-state index in [1.165, 1.54) is 0 Å². The highest BCUT2D eigenvalue weighted by atomic mass is 16.6. The predicted molar refractivity (Wildman–Crippen MR) is 52.1 cm³/mol. The minimum absolute atomic E-state index is 0.0525. The van der Waals surface area contributed by atoms with E-state index in [4.69, 9.17) is 0 Å². The van der Waals surface area contributed by atoms with Gasteiger partial charge in [-0.1, -0.05) is 0 Å². The summed E-state index contributed by atoms with van der Waals surface area (Å²) in [7, 11) is 0. The number of hydrogen-bond acceptors (Lipinski definition) is 6. The van der Waals surface area contributed by atoms with E-state index in [-0.39, 0.29) is 24.8 Å². The standard InChI is InChI=1S/C11H12O6/c12-4-16-10(14)8-6-1-2-7(3-6)9(8)11(15)17-5-13/h4-9H,1-3H2. The Bertz CT molecular complexity index is 329. The lowest BCUT2D eigenvalue weighted by molar-refractivity contribution is -0.167. The molecule has 2 aliphatic rings. The fourth-order valence-corrected chi connectivity index (χ4v) is 3.22. The Hall–Kier alpha value is -1.72. The molecule has 0 radical (unpaired) electrons. The van der Waals surface area contributed by atoms with Gasteiger partial charge in [0.25, 0.3) is 0 Å². The Morgan fingerprint density at radius 2 is 1.29 bits per heavy atom. The van der Waals surface area contributed by atoms with Crippen LogP contribution in [0.15, 0.2) is 0 Å². The highest BCUT2D eigenvalue weighted by Gasteiger charge is 2.55. The molecule has 4 atom stereocenters. The molecule has 0 heterocycles. The summed E-state index contributed by atoms with van der Waals surface area (Å²) in [6, 6.07) is 0. The molecule has 6 nitrogen and oxygen atoms in total. The summed E-state index contributed by atoms with van der Waals surface area (Å²) in [5.41, 5.74) is 0. The molecule has 2 saturated carbocycles. The van der Waals surface area contributed by atoms with Crippen LogP contribution in [0.3, 0.4) is 0 Å². The second-order valence-corrected chi connectivity index (χ2v) is 4.45. The van der Waals surface area contributed by atoms with Crippen molar-refractivity contribution in [1.29, 1.82) is 0 Å². The van der Waals surface area contributed by atoms with Crippen LogP contribution in [-0.2, 0) is 28.7 Å². The second kappa shape index (κ2) is 4.65. The molecule has 0 amide bonds. The first-order valence-corrected chi connectivity index (χ1v) is 5.47. The highest BCUT2D eigenvalue weighted by molar-refractivity contribution is 5.88. The molecular weight excluding hydrogens is 228 g/mol. The van der Waals surface area contributed by atoms with Crippen LogP contribution in [0.4, 0.5) is 0 Å². The van der Waals surface area contributed by atoms with E-state index in [0.29, 0.717) is 0 Å². The monoisotopic (exact) mass is 240 g/mol. The molecule has 0 aliphatic heterocycles. The van der Waals surface area contributed by atoms with Crippen molar-refractivity contribution in [2.24, 2.45) is 23.7 Å². The molecule has 2 rings (SSSR count). The Morgan fingerprint density at radius 1 is 0.882 bits per heavy atom. The topological polar surface area (TPSA) is 86.7 Å². The summed E-state index contributed by atoms with van der Waals surface area (Å²) in [6.07, 6.45) is 2.43. The Balaban J connectivity index is 2.16. The molecule has 0 saturated heterocycles. The van der Waals surface area contributed by atoms with Crippen LogP contribution >= 0.6 is 0 Å². The zero-order valence-corrected chi connectivity index (χ0v) is 9.03. The number of esters is 2. The Labute approximate surface area is 97.3 Å². The van der Waals surface area contributed by atoms with Gasteiger partial charge in [-0.2, -0.15) is 0 Å². The molecule has 6 heteroatoms. The number of fused-ring (bicyclic) bond motifs is 2. The summed E-state index contributed by atoms with van der Waals surface area (Å²) in [4.78, 5) is 43.5. The summed E-state index contributed by atoms with van der Waals surface area (Å²) < 4.78 is 8.64. The fraction of sp³-hybridized carbons (Fsp3) is 0.636. The third-order valence-electron chi connectivity index (χ3n) is 3.79. The van der Waals surface area contributed by atoms with Gasteiger partial charge >= 0.3 is 24.9 Å². The molecular formula is C11H12O6. The van der Waals surface area contributed by atoms with Crippen LogP contribution in [-0.4, -0.2) is 24.9 Å². The van der Waals surface area contributed by atoms with Gasteiger partial charge in [0.2, 0.25) is 0 Å². The largest absolute Gasteiger partial charge is 0.395 e. The van der Waals surface area contributed by atoms with Crippen LogP contribution in [0.5, 0.6) is 0 Å². The van der Waals surface area contributed by atoms with E-state index in [2.05, 4.69) is 9.47 Å². The van der Waals surface area contributed by atoms with Crippen LogP contribution in [0.25, 0.3) is 0 Å². The van der Waals surface area contributed by atoms with Crippen LogP contribution < -0.4 is 0 Å². The van der Waals surface area contributed by atoms with Gasteiger partial charge in [0.15, 0.2) is 0 Å². The molecule has 17 heavy (non-hydrogen) atoms. The van der Waals surface area contributed by atoms with E-state index in [9.17, 15) is 19.2 Å². The van der Waals surface area contributed by atoms with Gasteiger partial charge in [0.05, 0.1) is 11.8 Å². The minimum Gasteiger partial charge on any atom is -0.395 e. The smallest absolute Gasteiger partial charge is 0.317 e. The molecule has 0 aromatic heterocycles. The number of rotatable bonds is 4. The quantitative estimate of drug-likeness (QED) is 0.392. The third kappa shape index (κ3) is 1.94. The molecule has 2 aliphatic carbocycles. The van der Waals surface area contributed by atoms with E-state index in [1.807, 2.05) is 0 Å². The van der Waals surface area contributed by atoms with Gasteiger partial charge in [0, 0.05) is 0 Å². The summed E-state index contributed by atoms with van der Waals surface area (Å²) in [5.74, 6) is -2.58. The fourth-order valence-electron chi connectivity index (χ4n) is 3.22. The summed E-state index contributed by atoms with van der Waals surface area (Å²) in [6.45, 7) is 0.132. The van der Waals surface area contributed by atoms with E-state index >= 15 is 0 Å². The summed E-state index contributed by atoms with van der Waals surface area (Å²) >= 11 is 0. The molecule has 0 N–H and O–H groups in total. The SMILES string of the molecule is O=COC(=O)C1C2CCC(C2)C1C(=O)OC=O. The van der Waals surface area contributed by atoms with Gasteiger partial charge in [-0.15, -0.1) is 0 Å². The normalized spacial score (nSPS) is 34.1. The van der Waals surface area contributed by atoms with Crippen molar-refractivity contribution in [3.63, 3.8) is 0 Å². The van der Waals surface area contributed by atoms with E-state index in [1.54, 1.807) is 0 Å². The Kier molecular flexibility index (Phi) is 3.21. The molecule has 2 fully saturated rings. The van der Waals surface area contributed by atoms with Crippen molar-refractivity contribution in [2.75, 3.05) is 0 Å². The van der Waals surface area contributed by atoms with Crippen molar-refractivity contribution < 1.29 is 28.7 Å². The number of carbonyl (C=O) groups excluding carboxylic acids is 4. The molecule has 0 spiro atoms. The number of hydrogen-bond donors (Lipinski definition) is 0. The first kappa shape index (κ1) is 11.8. The third-order valence-corrected chi connectivity index (χ3v) is 3.79. The lowest BCUT2D eigenvalue weighted by Gasteiger charge is -2.25. The van der Waals surface area contributed by atoms with Crippen molar-refractivity contribution in [3.8, 4) is 0 Å².